The number of ether oxygens (including phenoxy) is 1. The smallest absolute Gasteiger partial charge is 0.273 e. The molecule has 0 saturated carbocycles. The lowest BCUT2D eigenvalue weighted by Crippen LogP contribution is -2.63. The number of piperazine rings is 1. The summed E-state index contributed by atoms with van der Waals surface area (Å²) in [6, 6.07) is 5.61. The quantitative estimate of drug-likeness (QED) is 0.838. The van der Waals surface area contributed by atoms with Gasteiger partial charge in [-0.2, -0.15) is 0 Å². The molecule has 6 nitrogen and oxygen atoms in total. The largest absolute Gasteiger partial charge is 0.379 e. The van der Waals surface area contributed by atoms with E-state index in [1.807, 2.05) is 23.1 Å². The summed E-state index contributed by atoms with van der Waals surface area (Å²) in [4.78, 5) is 26.2. The minimum absolute atomic E-state index is 0.00405. The Morgan fingerprint density at radius 2 is 2.21 bits per heavy atom. The fourth-order valence-corrected chi connectivity index (χ4v) is 3.97. The van der Waals surface area contributed by atoms with Gasteiger partial charge in [0, 0.05) is 44.0 Å². The Labute approximate surface area is 141 Å². The van der Waals surface area contributed by atoms with Crippen molar-refractivity contribution in [3.63, 3.8) is 0 Å². The highest BCUT2D eigenvalue weighted by Gasteiger charge is 2.45. The number of pyridine rings is 2. The molecule has 2 aliphatic rings. The van der Waals surface area contributed by atoms with E-state index in [0.29, 0.717) is 18.8 Å². The number of amides is 1. The number of aromatic nitrogens is 2. The van der Waals surface area contributed by atoms with Gasteiger partial charge in [-0.3, -0.25) is 19.7 Å². The van der Waals surface area contributed by atoms with Crippen LogP contribution in [0.4, 0.5) is 0 Å². The van der Waals surface area contributed by atoms with Crippen LogP contribution in [0.1, 0.15) is 23.8 Å². The molecule has 126 valence electrons. The second kappa shape index (κ2) is 6.11. The van der Waals surface area contributed by atoms with E-state index in [-0.39, 0.29) is 11.4 Å². The Morgan fingerprint density at radius 3 is 3.00 bits per heavy atom. The van der Waals surface area contributed by atoms with E-state index in [9.17, 15) is 4.79 Å². The second-order valence-electron chi connectivity index (χ2n) is 6.56. The topological polar surface area (TPSA) is 58.6 Å². The maximum atomic E-state index is 13.1. The van der Waals surface area contributed by atoms with E-state index in [1.165, 1.54) is 0 Å². The Hall–Kier alpha value is -2.05. The molecule has 0 radical (unpaired) electrons. The Bertz CT molecular complexity index is 752. The molecule has 1 atom stereocenters. The number of rotatable bonds is 2. The van der Waals surface area contributed by atoms with E-state index < -0.39 is 0 Å². The SMILES string of the molecule is CCN1CCN(C(=O)c2nccc3ncccc23)CC12CCOC2. The number of fused-ring (bicyclic) bond motifs is 1. The molecule has 2 fully saturated rings. The van der Waals surface area contributed by atoms with Crippen LogP contribution >= 0.6 is 0 Å². The molecule has 1 amide bonds. The van der Waals surface area contributed by atoms with Crippen LogP contribution in [0.25, 0.3) is 10.9 Å². The lowest BCUT2D eigenvalue weighted by atomic mass is 9.92. The minimum atomic E-state index is -0.0362. The standard InChI is InChI=1S/C18H22N4O2/c1-2-22-10-9-21(12-18(22)6-11-24-13-18)17(23)16-14-4-3-7-19-15(14)5-8-20-16/h3-5,7-8H,2,6,9-13H2,1H3. The zero-order valence-corrected chi connectivity index (χ0v) is 13.9. The third kappa shape index (κ3) is 2.46. The fourth-order valence-electron chi connectivity index (χ4n) is 3.97. The molecule has 24 heavy (non-hydrogen) atoms. The summed E-state index contributed by atoms with van der Waals surface area (Å²) < 4.78 is 5.67. The normalized spacial score (nSPS) is 24.8. The molecule has 1 spiro atoms. The van der Waals surface area contributed by atoms with E-state index in [2.05, 4.69) is 21.8 Å². The van der Waals surface area contributed by atoms with Gasteiger partial charge in [-0.15, -0.1) is 0 Å². The van der Waals surface area contributed by atoms with Crippen LogP contribution in [0.5, 0.6) is 0 Å². The molecule has 0 aliphatic carbocycles. The number of hydrogen-bond donors (Lipinski definition) is 0. The number of carbonyl (C=O) groups excluding carboxylic acids is 1. The third-order valence-corrected chi connectivity index (χ3v) is 5.28. The molecule has 0 bridgehead atoms. The number of nitrogens with zero attached hydrogens (tertiary/aromatic N) is 4. The maximum Gasteiger partial charge on any atom is 0.273 e. The molecular weight excluding hydrogens is 304 g/mol. The highest BCUT2D eigenvalue weighted by molar-refractivity contribution is 6.04. The lowest BCUT2D eigenvalue weighted by molar-refractivity contribution is -0.00237. The summed E-state index contributed by atoms with van der Waals surface area (Å²) in [5.41, 5.74) is 1.27. The van der Waals surface area contributed by atoms with Gasteiger partial charge in [0.2, 0.25) is 0 Å². The molecule has 2 aliphatic heterocycles. The van der Waals surface area contributed by atoms with E-state index in [0.717, 1.165) is 43.6 Å². The molecule has 2 saturated heterocycles. The first kappa shape index (κ1) is 15.5. The van der Waals surface area contributed by atoms with Crippen molar-refractivity contribution in [3.05, 3.63) is 36.3 Å². The van der Waals surface area contributed by atoms with Gasteiger partial charge in [-0.25, -0.2) is 0 Å². The highest BCUT2D eigenvalue weighted by atomic mass is 16.5. The van der Waals surface area contributed by atoms with E-state index in [4.69, 9.17) is 4.74 Å². The summed E-state index contributed by atoms with van der Waals surface area (Å²) in [6.07, 6.45) is 4.38. The molecule has 6 heteroatoms. The van der Waals surface area contributed by atoms with Crippen molar-refractivity contribution in [2.75, 3.05) is 39.4 Å². The highest BCUT2D eigenvalue weighted by Crippen LogP contribution is 2.31. The number of hydrogen-bond acceptors (Lipinski definition) is 5. The van der Waals surface area contributed by atoms with E-state index in [1.54, 1.807) is 12.4 Å². The first-order valence-corrected chi connectivity index (χ1v) is 8.55. The van der Waals surface area contributed by atoms with Crippen LogP contribution in [0.15, 0.2) is 30.6 Å². The Balaban J connectivity index is 1.65. The monoisotopic (exact) mass is 326 g/mol. The lowest BCUT2D eigenvalue weighted by Gasteiger charge is -2.47. The Morgan fingerprint density at radius 1 is 1.29 bits per heavy atom. The van der Waals surface area contributed by atoms with E-state index >= 15 is 0 Å². The number of carbonyl (C=O) groups is 1. The predicted molar refractivity (Wildman–Crippen MR) is 90.9 cm³/mol. The van der Waals surface area contributed by atoms with Crippen LogP contribution in [-0.4, -0.2) is 70.6 Å². The summed E-state index contributed by atoms with van der Waals surface area (Å²) >= 11 is 0. The summed E-state index contributed by atoms with van der Waals surface area (Å²) in [5, 5.41) is 0.819. The van der Waals surface area contributed by atoms with Crippen molar-refractivity contribution in [3.8, 4) is 0 Å². The molecule has 2 aromatic rings. The first-order valence-electron chi connectivity index (χ1n) is 8.55. The van der Waals surface area contributed by atoms with Gasteiger partial charge in [0.15, 0.2) is 0 Å². The molecule has 4 heterocycles. The average Bonchev–Trinajstić information content (AvgIpc) is 3.09. The molecule has 4 rings (SSSR count). The van der Waals surface area contributed by atoms with Gasteiger partial charge < -0.3 is 9.64 Å². The van der Waals surface area contributed by atoms with Gasteiger partial charge >= 0.3 is 0 Å². The minimum Gasteiger partial charge on any atom is -0.379 e. The summed E-state index contributed by atoms with van der Waals surface area (Å²) in [7, 11) is 0. The zero-order valence-electron chi connectivity index (χ0n) is 13.9. The van der Waals surface area contributed by atoms with Gasteiger partial charge in [0.1, 0.15) is 5.69 Å². The fraction of sp³-hybridized carbons (Fsp3) is 0.500. The van der Waals surface area contributed by atoms with Gasteiger partial charge in [-0.1, -0.05) is 6.92 Å². The summed E-state index contributed by atoms with van der Waals surface area (Å²) in [5.74, 6) is -0.00405. The van der Waals surface area contributed by atoms with Crippen LogP contribution in [0, 0.1) is 0 Å². The molecule has 0 N–H and O–H groups in total. The maximum absolute atomic E-state index is 13.1. The molecule has 0 aromatic carbocycles. The van der Waals surface area contributed by atoms with Gasteiger partial charge in [0.25, 0.3) is 5.91 Å². The molecular formula is C18H22N4O2. The number of likely N-dealkylation sites (N-methyl/N-ethyl adjacent to an activating group) is 1. The van der Waals surface area contributed by atoms with Crippen LogP contribution in [0.3, 0.4) is 0 Å². The van der Waals surface area contributed by atoms with Crippen molar-refractivity contribution in [1.29, 1.82) is 0 Å². The zero-order chi connectivity index (χ0) is 16.6. The van der Waals surface area contributed by atoms with Crippen molar-refractivity contribution < 1.29 is 9.53 Å². The second-order valence-corrected chi connectivity index (χ2v) is 6.56. The van der Waals surface area contributed by atoms with Crippen LogP contribution < -0.4 is 0 Å². The Kier molecular flexibility index (Phi) is 3.94. The first-order chi connectivity index (χ1) is 11.7. The predicted octanol–water partition coefficient (Wildman–Crippen LogP) is 1.57. The molecule has 2 aromatic heterocycles. The summed E-state index contributed by atoms with van der Waals surface area (Å²) in [6.45, 7) is 6.96. The van der Waals surface area contributed by atoms with Crippen molar-refractivity contribution in [2.24, 2.45) is 0 Å². The van der Waals surface area contributed by atoms with Gasteiger partial charge in [-0.05, 0) is 31.2 Å². The van der Waals surface area contributed by atoms with Crippen molar-refractivity contribution in [1.82, 2.24) is 19.8 Å². The molecule has 1 unspecified atom stereocenters. The van der Waals surface area contributed by atoms with Crippen molar-refractivity contribution >= 4 is 16.8 Å². The third-order valence-electron chi connectivity index (χ3n) is 5.28. The average molecular weight is 326 g/mol. The van der Waals surface area contributed by atoms with Crippen molar-refractivity contribution in [2.45, 2.75) is 18.9 Å². The van der Waals surface area contributed by atoms with Crippen LogP contribution in [0.2, 0.25) is 0 Å². The van der Waals surface area contributed by atoms with Crippen LogP contribution in [-0.2, 0) is 4.74 Å². The van der Waals surface area contributed by atoms with Gasteiger partial charge in [0.05, 0.1) is 17.7 Å².